The summed E-state index contributed by atoms with van der Waals surface area (Å²) in [4.78, 5) is 90.5. The lowest BCUT2D eigenvalue weighted by molar-refractivity contribution is -0.385. The van der Waals surface area contributed by atoms with Gasteiger partial charge in [0.25, 0.3) is 29.3 Å². The van der Waals surface area contributed by atoms with Crippen LogP contribution in [-0.2, 0) is 35.5 Å². The van der Waals surface area contributed by atoms with E-state index in [1.165, 1.54) is 64.4 Å². The zero-order valence-electron chi connectivity index (χ0n) is 36.7. The van der Waals surface area contributed by atoms with Gasteiger partial charge in [-0.25, -0.2) is 0 Å². The van der Waals surface area contributed by atoms with Gasteiger partial charge in [-0.1, -0.05) is 13.8 Å². The van der Waals surface area contributed by atoms with Crippen LogP contribution in [0.5, 0.6) is 11.5 Å². The fourth-order valence-electron chi connectivity index (χ4n) is 7.14. The summed E-state index contributed by atoms with van der Waals surface area (Å²) in [5.41, 5.74) is 1.16. The summed E-state index contributed by atoms with van der Waals surface area (Å²) in [5, 5.41) is 22.9. The molecule has 344 valence electrons. The summed E-state index contributed by atoms with van der Waals surface area (Å²) in [6.07, 6.45) is 6.54. The Morgan fingerprint density at radius 1 is 0.797 bits per heavy atom. The first-order valence-electron chi connectivity index (χ1n) is 20.4. The van der Waals surface area contributed by atoms with E-state index in [0.29, 0.717) is 23.6 Å². The Morgan fingerprint density at radius 2 is 1.34 bits per heavy atom. The Balaban J connectivity index is 1.14. The molecule has 0 bridgehead atoms. The Hall–Kier alpha value is -6.42. The fourth-order valence-corrected chi connectivity index (χ4v) is 10.0. The van der Waals surface area contributed by atoms with E-state index in [9.17, 15) is 38.9 Å². The molecule has 4 N–H and O–H groups in total. The fraction of sp³-hybridized carbons (Fsp3) is 0.429. The zero-order chi connectivity index (χ0) is 46.7. The number of benzene rings is 1. The minimum atomic E-state index is -0.611. The first kappa shape index (κ1) is 48.6. The number of nitro groups is 1. The number of ether oxygens (including phenoxy) is 3. The Morgan fingerprint density at radius 3 is 1.86 bits per heavy atom. The maximum atomic E-state index is 13.9. The number of rotatable bonds is 21. The molecule has 1 atom stereocenters. The highest BCUT2D eigenvalue weighted by atomic mass is 32.2. The van der Waals surface area contributed by atoms with Gasteiger partial charge in [-0.05, 0) is 49.0 Å². The number of anilines is 3. The molecule has 0 radical (unpaired) electrons. The number of carbonyl (C=O) groups excluding carboxylic acids is 6. The van der Waals surface area contributed by atoms with Crippen LogP contribution >= 0.6 is 23.5 Å². The standard InChI is InChI=1S/C42H53N9O11S2/c1-8-63-42(64-9-2)29-12-10-14-50(29)41(57)28-19-34(60-6)35(20-30(28)51(58)59)62-15-11-13-36(52)44-25-16-32(48(4)22-25)39(55)46-27-18-33(49(5)24-27)40(56)45-26-17-31(47(3)23-26)38(54)43-21-37(53)61-7/h16-20,22-24,29,42H,8-15,21H2,1-7H3,(H,43,54)(H,44,52)(H,45,56)(H,46,55)/t29-/m0/s1. The normalized spacial score (nSPS) is 13.4. The smallest absolute Gasteiger partial charge is 0.325 e. The van der Waals surface area contributed by atoms with Crippen molar-refractivity contribution in [1.82, 2.24) is 23.9 Å². The van der Waals surface area contributed by atoms with E-state index >= 15 is 0 Å². The minimum Gasteiger partial charge on any atom is -0.493 e. The third-order valence-electron chi connectivity index (χ3n) is 10.2. The number of methoxy groups -OCH3 is 2. The van der Waals surface area contributed by atoms with Gasteiger partial charge in [-0.2, -0.15) is 0 Å². The van der Waals surface area contributed by atoms with Crippen molar-refractivity contribution in [2.75, 3.05) is 61.4 Å². The molecule has 3 aromatic heterocycles. The molecule has 0 saturated carbocycles. The number of amides is 5. The van der Waals surface area contributed by atoms with Gasteiger partial charge >= 0.3 is 5.97 Å². The highest BCUT2D eigenvalue weighted by Gasteiger charge is 2.38. The lowest BCUT2D eigenvalue weighted by atomic mass is 10.1. The van der Waals surface area contributed by atoms with Crippen LogP contribution in [0.25, 0.3) is 0 Å². The van der Waals surface area contributed by atoms with Gasteiger partial charge in [0.2, 0.25) is 5.91 Å². The van der Waals surface area contributed by atoms with Crippen LogP contribution in [0.3, 0.4) is 0 Å². The van der Waals surface area contributed by atoms with Crippen molar-refractivity contribution in [1.29, 1.82) is 0 Å². The van der Waals surface area contributed by atoms with Crippen molar-refractivity contribution in [3.63, 3.8) is 0 Å². The highest BCUT2D eigenvalue weighted by molar-refractivity contribution is 8.17. The summed E-state index contributed by atoms with van der Waals surface area (Å²) >= 11 is 3.55. The van der Waals surface area contributed by atoms with E-state index in [1.54, 1.807) is 62.0 Å². The van der Waals surface area contributed by atoms with Gasteiger partial charge in [0, 0.05) is 58.8 Å². The highest BCUT2D eigenvalue weighted by Crippen LogP contribution is 2.39. The first-order valence-corrected chi connectivity index (χ1v) is 22.5. The number of aryl methyl sites for hydroxylation is 3. The zero-order valence-corrected chi connectivity index (χ0v) is 38.3. The maximum Gasteiger partial charge on any atom is 0.325 e. The van der Waals surface area contributed by atoms with E-state index < -0.39 is 40.2 Å². The molecule has 4 heterocycles. The van der Waals surface area contributed by atoms with E-state index in [2.05, 4.69) is 39.9 Å². The quantitative estimate of drug-likeness (QED) is 0.0275. The molecule has 1 saturated heterocycles. The number of likely N-dealkylation sites (tertiary alicyclic amines) is 1. The number of nitrogens with zero attached hydrogens (tertiary/aromatic N) is 5. The number of nitrogens with one attached hydrogen (secondary N) is 4. The van der Waals surface area contributed by atoms with Crippen molar-refractivity contribution in [2.24, 2.45) is 21.1 Å². The van der Waals surface area contributed by atoms with Crippen LogP contribution in [-0.4, -0.2) is 115 Å². The number of carbonyl (C=O) groups is 6. The third kappa shape index (κ3) is 12.0. The lowest BCUT2D eigenvalue weighted by Crippen LogP contribution is -2.41. The van der Waals surface area contributed by atoms with Crippen LogP contribution in [0.4, 0.5) is 22.7 Å². The van der Waals surface area contributed by atoms with Crippen LogP contribution in [0.2, 0.25) is 0 Å². The maximum absolute atomic E-state index is 13.9. The molecule has 4 aromatic rings. The molecule has 1 fully saturated rings. The van der Waals surface area contributed by atoms with Crippen LogP contribution in [0.1, 0.15) is 81.4 Å². The molecule has 1 aliphatic heterocycles. The van der Waals surface area contributed by atoms with Crippen LogP contribution in [0, 0.1) is 10.1 Å². The average Bonchev–Trinajstić information content (AvgIpc) is 4.06. The second-order valence-corrected chi connectivity index (χ2v) is 17.7. The Labute approximate surface area is 378 Å². The summed E-state index contributed by atoms with van der Waals surface area (Å²) in [6, 6.07) is 6.93. The summed E-state index contributed by atoms with van der Waals surface area (Å²) in [5.74, 6) is -0.952. The van der Waals surface area contributed by atoms with Crippen molar-refractivity contribution in [3.8, 4) is 11.5 Å². The van der Waals surface area contributed by atoms with Gasteiger partial charge < -0.3 is 54.1 Å². The predicted molar refractivity (Wildman–Crippen MR) is 244 cm³/mol. The number of hydrogen-bond donors (Lipinski definition) is 4. The van der Waals surface area contributed by atoms with E-state index in [0.717, 1.165) is 24.3 Å². The van der Waals surface area contributed by atoms with Gasteiger partial charge in [-0.15, -0.1) is 23.5 Å². The Bertz CT molecular complexity index is 2390. The largest absolute Gasteiger partial charge is 0.493 e. The van der Waals surface area contributed by atoms with E-state index in [4.69, 9.17) is 9.47 Å². The second-order valence-electron chi connectivity index (χ2n) is 14.6. The van der Waals surface area contributed by atoms with Gasteiger partial charge in [0.1, 0.15) is 29.2 Å². The topological polar surface area (TPSA) is 239 Å². The molecule has 1 aromatic carbocycles. The molecule has 20 nitrogen and oxygen atoms in total. The average molecular weight is 924 g/mol. The van der Waals surface area contributed by atoms with Gasteiger partial charge in [0.15, 0.2) is 11.5 Å². The van der Waals surface area contributed by atoms with Crippen LogP contribution in [0.15, 0.2) is 48.9 Å². The van der Waals surface area contributed by atoms with Gasteiger partial charge in [0.05, 0.1) is 59.5 Å². The number of thioether (sulfide) groups is 2. The minimum absolute atomic E-state index is 0.00808. The molecule has 0 spiro atoms. The molecular weight excluding hydrogens is 871 g/mol. The SMILES string of the molecule is CCSC(SCC)[C@@H]1CCCN1C(=O)c1cc(OC)c(OCCCC(=O)Nc2cc(C(=O)Nc3cc(C(=O)Nc4cc(C(=O)NCC(=O)OC)n(C)c4)n(C)c3)n(C)c2)cc1[N+](=O)[O-]. The number of nitro benzene ring substituents is 1. The Kier molecular flexibility index (Phi) is 16.9. The molecule has 5 rings (SSSR count). The van der Waals surface area contributed by atoms with Gasteiger partial charge in [-0.3, -0.25) is 38.9 Å². The number of hydrogen-bond acceptors (Lipinski definition) is 13. The molecule has 64 heavy (non-hydrogen) atoms. The van der Waals surface area contributed by atoms with Crippen molar-refractivity contribution >= 4 is 81.8 Å². The van der Waals surface area contributed by atoms with Crippen molar-refractivity contribution < 1.29 is 47.9 Å². The summed E-state index contributed by atoms with van der Waals surface area (Å²) in [6.45, 7) is 4.35. The molecule has 22 heteroatoms. The number of esters is 1. The molecule has 0 aliphatic carbocycles. The lowest BCUT2D eigenvalue weighted by Gasteiger charge is -2.31. The second kappa shape index (κ2) is 22.3. The summed E-state index contributed by atoms with van der Waals surface area (Å²) < 4.78 is 20.6. The van der Waals surface area contributed by atoms with Crippen molar-refractivity contribution in [3.05, 3.63) is 81.7 Å². The summed E-state index contributed by atoms with van der Waals surface area (Å²) in [7, 11) is 7.46. The van der Waals surface area contributed by atoms with E-state index in [-0.39, 0.29) is 76.7 Å². The third-order valence-corrected chi connectivity index (χ3v) is 13.0. The van der Waals surface area contributed by atoms with Crippen molar-refractivity contribution in [2.45, 2.75) is 50.2 Å². The molecular formula is C42H53N9O11S2. The predicted octanol–water partition coefficient (Wildman–Crippen LogP) is 5.26. The number of aromatic nitrogens is 3. The first-order chi connectivity index (χ1) is 30.6. The monoisotopic (exact) mass is 923 g/mol. The molecule has 5 amide bonds. The molecule has 0 unspecified atom stereocenters. The van der Waals surface area contributed by atoms with E-state index in [1.807, 2.05) is 0 Å². The molecule has 1 aliphatic rings. The van der Waals surface area contributed by atoms with Crippen LogP contribution < -0.4 is 30.7 Å².